The molecule has 0 spiro atoms. The molecule has 0 unspecified atom stereocenters. The highest BCUT2D eigenvalue weighted by Crippen LogP contribution is 2.40. The quantitative estimate of drug-likeness (QED) is 0.375. The van der Waals surface area contributed by atoms with Crippen LogP contribution in [0.3, 0.4) is 0 Å². The molecule has 34 heavy (non-hydrogen) atoms. The number of aryl methyl sites for hydroxylation is 2. The fourth-order valence-corrected chi connectivity index (χ4v) is 4.95. The highest BCUT2D eigenvalue weighted by Gasteiger charge is 2.27. The highest BCUT2D eigenvalue weighted by molar-refractivity contribution is 5.91. The number of morpholine rings is 1. The molecule has 1 fully saturated rings. The van der Waals surface area contributed by atoms with E-state index in [1.807, 2.05) is 6.07 Å². The van der Waals surface area contributed by atoms with Crippen LogP contribution in [0.25, 0.3) is 22.0 Å². The van der Waals surface area contributed by atoms with Gasteiger partial charge in [0, 0.05) is 32.1 Å². The number of hydrogen-bond donors (Lipinski definition) is 0. The maximum atomic E-state index is 6.18. The molecule has 1 saturated heterocycles. The number of pyridine rings is 1. The molecular weight excluding hydrogens is 432 g/mol. The number of fused-ring (bicyclic) bond motifs is 4. The van der Waals surface area contributed by atoms with Gasteiger partial charge in [0.05, 0.1) is 52.1 Å². The molecule has 0 bridgehead atoms. The zero-order chi connectivity index (χ0) is 23.5. The fourth-order valence-electron chi connectivity index (χ4n) is 4.95. The van der Waals surface area contributed by atoms with Crippen molar-refractivity contribution in [3.05, 3.63) is 42.1 Å². The van der Waals surface area contributed by atoms with Gasteiger partial charge < -0.3 is 23.7 Å². The Morgan fingerprint density at radius 2 is 1.76 bits per heavy atom. The Morgan fingerprint density at radius 3 is 2.53 bits per heavy atom. The van der Waals surface area contributed by atoms with Crippen molar-refractivity contribution in [1.29, 1.82) is 0 Å². The topological polar surface area (TPSA) is 53.3 Å². The molecule has 2 aromatic carbocycles. The largest absolute Gasteiger partial charge is 0.493 e. The van der Waals surface area contributed by atoms with Gasteiger partial charge in [-0.15, -0.1) is 0 Å². The summed E-state index contributed by atoms with van der Waals surface area (Å²) in [6, 6.07) is 10.5. The zero-order valence-corrected chi connectivity index (χ0v) is 20.3. The number of methoxy groups -OCH3 is 3. The molecule has 3 heterocycles. The molecule has 0 amide bonds. The van der Waals surface area contributed by atoms with Crippen molar-refractivity contribution in [2.24, 2.45) is 0 Å². The Morgan fingerprint density at radius 1 is 0.941 bits per heavy atom. The highest BCUT2D eigenvalue weighted by atomic mass is 16.5. The molecule has 2 aliphatic heterocycles. The predicted octanol–water partition coefficient (Wildman–Crippen LogP) is 3.48. The van der Waals surface area contributed by atoms with Crippen molar-refractivity contribution in [3.63, 3.8) is 0 Å². The van der Waals surface area contributed by atoms with Crippen LogP contribution in [0.2, 0.25) is 0 Å². The molecule has 7 nitrogen and oxygen atoms in total. The van der Waals surface area contributed by atoms with E-state index in [4.69, 9.17) is 23.7 Å². The van der Waals surface area contributed by atoms with Crippen LogP contribution in [0.15, 0.2) is 36.5 Å². The molecular formula is C27H33N2O5+. The van der Waals surface area contributed by atoms with Gasteiger partial charge in [0.25, 0.3) is 0 Å². The lowest BCUT2D eigenvalue weighted by molar-refractivity contribution is -0.686. The van der Waals surface area contributed by atoms with Gasteiger partial charge in [-0.2, -0.15) is 4.57 Å². The monoisotopic (exact) mass is 465 g/mol. The van der Waals surface area contributed by atoms with Crippen LogP contribution < -0.4 is 23.5 Å². The van der Waals surface area contributed by atoms with Crippen molar-refractivity contribution in [2.45, 2.75) is 19.4 Å². The van der Waals surface area contributed by atoms with E-state index in [0.29, 0.717) is 6.61 Å². The summed E-state index contributed by atoms with van der Waals surface area (Å²) >= 11 is 0. The van der Waals surface area contributed by atoms with Crippen molar-refractivity contribution in [2.75, 3.05) is 60.8 Å². The van der Waals surface area contributed by atoms with E-state index in [1.54, 1.807) is 21.3 Å². The minimum Gasteiger partial charge on any atom is -0.493 e. The molecule has 2 aliphatic rings. The Bertz CT molecular complexity index is 1170. The van der Waals surface area contributed by atoms with Gasteiger partial charge in [0.15, 0.2) is 35.7 Å². The summed E-state index contributed by atoms with van der Waals surface area (Å²) in [7, 11) is 5.06. The van der Waals surface area contributed by atoms with E-state index in [1.165, 1.54) is 11.1 Å². The Hall–Kier alpha value is -3.03. The number of nitrogens with zero attached hydrogens (tertiary/aromatic N) is 2. The second-order valence-electron chi connectivity index (χ2n) is 8.72. The van der Waals surface area contributed by atoms with Crippen LogP contribution in [0, 0.1) is 0 Å². The van der Waals surface area contributed by atoms with Crippen LogP contribution in [-0.2, 0) is 17.7 Å². The molecule has 180 valence electrons. The molecule has 0 saturated carbocycles. The number of hydrogen-bond acceptors (Lipinski definition) is 6. The van der Waals surface area contributed by atoms with E-state index in [9.17, 15) is 0 Å². The van der Waals surface area contributed by atoms with Crippen LogP contribution in [0.1, 0.15) is 12.0 Å². The smallest absolute Gasteiger partial charge is 0.213 e. The first-order chi connectivity index (χ1) is 16.7. The summed E-state index contributed by atoms with van der Waals surface area (Å²) in [6.07, 6.45) is 4.08. The van der Waals surface area contributed by atoms with Gasteiger partial charge in [0.2, 0.25) is 5.69 Å². The lowest BCUT2D eigenvalue weighted by Crippen LogP contribution is -2.40. The molecule has 5 rings (SSSR count). The van der Waals surface area contributed by atoms with Crippen LogP contribution in [0.5, 0.6) is 23.0 Å². The molecule has 0 atom stereocenters. The standard InChI is InChI=1S/C27H33N2O5/c1-30-24-6-5-19-15-23-21-17-25(31-2)26(34-12-4-8-28-10-13-33-14-11-28)16-20(21)7-9-29(23)18-22(19)27(24)32-3/h5-6,15-18H,4,7-14H2,1-3H3/q+1. The van der Waals surface area contributed by atoms with Gasteiger partial charge in [-0.05, 0) is 41.6 Å². The molecule has 7 heteroatoms. The molecule has 1 aromatic heterocycles. The molecule has 0 aliphatic carbocycles. The number of ether oxygens (including phenoxy) is 5. The van der Waals surface area contributed by atoms with Crippen LogP contribution >= 0.6 is 0 Å². The van der Waals surface area contributed by atoms with E-state index < -0.39 is 0 Å². The fraction of sp³-hybridized carbons (Fsp3) is 0.444. The SMILES string of the molecule is COc1cc2c(cc1OCCCN1CCOCC1)CC[n+]1cc3c(OC)c(OC)ccc3cc1-2. The summed E-state index contributed by atoms with van der Waals surface area (Å²) in [5.41, 5.74) is 3.63. The van der Waals surface area contributed by atoms with Gasteiger partial charge in [0.1, 0.15) is 0 Å². The Balaban J connectivity index is 1.40. The van der Waals surface area contributed by atoms with Gasteiger partial charge >= 0.3 is 0 Å². The lowest BCUT2D eigenvalue weighted by Gasteiger charge is -2.26. The first-order valence-corrected chi connectivity index (χ1v) is 11.9. The number of benzene rings is 2. The van der Waals surface area contributed by atoms with E-state index >= 15 is 0 Å². The third kappa shape index (κ3) is 4.38. The van der Waals surface area contributed by atoms with Gasteiger partial charge in [-0.25, -0.2) is 0 Å². The second-order valence-corrected chi connectivity index (χ2v) is 8.72. The maximum Gasteiger partial charge on any atom is 0.213 e. The summed E-state index contributed by atoms with van der Waals surface area (Å²) in [4.78, 5) is 2.43. The van der Waals surface area contributed by atoms with Gasteiger partial charge in [-0.1, -0.05) is 0 Å². The van der Waals surface area contributed by atoms with Crippen molar-refractivity contribution in [1.82, 2.24) is 4.90 Å². The van der Waals surface area contributed by atoms with E-state index in [0.717, 1.165) is 91.7 Å². The maximum absolute atomic E-state index is 6.18. The second kappa shape index (κ2) is 10.1. The normalized spacial score (nSPS) is 15.5. The average Bonchev–Trinajstić information content (AvgIpc) is 2.89. The average molecular weight is 466 g/mol. The first kappa shape index (κ1) is 22.7. The zero-order valence-electron chi connectivity index (χ0n) is 20.3. The minimum absolute atomic E-state index is 0.671. The third-order valence-electron chi connectivity index (χ3n) is 6.77. The van der Waals surface area contributed by atoms with Crippen LogP contribution in [0.4, 0.5) is 0 Å². The van der Waals surface area contributed by atoms with Gasteiger partial charge in [-0.3, -0.25) is 4.90 Å². The minimum atomic E-state index is 0.671. The first-order valence-electron chi connectivity index (χ1n) is 11.9. The van der Waals surface area contributed by atoms with Crippen LogP contribution in [-0.4, -0.2) is 65.7 Å². The summed E-state index contributed by atoms with van der Waals surface area (Å²) in [5.74, 6) is 3.10. The Kier molecular flexibility index (Phi) is 6.74. The van der Waals surface area contributed by atoms with Crippen molar-refractivity contribution < 1.29 is 28.3 Å². The third-order valence-corrected chi connectivity index (χ3v) is 6.77. The summed E-state index contributed by atoms with van der Waals surface area (Å²) in [6.45, 7) is 6.26. The Labute approximate surface area is 200 Å². The summed E-state index contributed by atoms with van der Waals surface area (Å²) < 4.78 is 30.8. The van der Waals surface area contributed by atoms with E-state index in [-0.39, 0.29) is 0 Å². The molecule has 3 aromatic rings. The number of aromatic nitrogens is 1. The van der Waals surface area contributed by atoms with Crippen molar-refractivity contribution >= 4 is 10.8 Å². The summed E-state index contributed by atoms with van der Waals surface area (Å²) in [5, 5.41) is 2.15. The molecule has 0 radical (unpaired) electrons. The van der Waals surface area contributed by atoms with E-state index in [2.05, 4.69) is 39.9 Å². The number of rotatable bonds is 8. The molecule has 0 N–H and O–H groups in total. The lowest BCUT2D eigenvalue weighted by atomic mass is 9.95. The predicted molar refractivity (Wildman–Crippen MR) is 130 cm³/mol. The van der Waals surface area contributed by atoms with Crippen molar-refractivity contribution in [3.8, 4) is 34.3 Å².